The summed E-state index contributed by atoms with van der Waals surface area (Å²) in [7, 11) is -3.64. The standard InChI is InChI=1S/C19H18ClFN2O3S/c1-2-27(25,26)17(9-12-5-3-4-6-15(12)21)19-14-10-13(20)7-8-16(14)23-18(24)11-22-19/h3-8,10,17H,2,9,11H2,1H3,(H,23,24). The third-order valence-corrected chi connectivity index (χ3v) is 6.73. The van der Waals surface area contributed by atoms with Crippen LogP contribution < -0.4 is 5.32 Å². The van der Waals surface area contributed by atoms with E-state index in [0.717, 1.165) is 0 Å². The molecule has 1 heterocycles. The molecule has 142 valence electrons. The second-order valence-electron chi connectivity index (χ2n) is 6.18. The average molecular weight is 409 g/mol. The molecule has 1 aliphatic heterocycles. The molecule has 1 atom stereocenters. The largest absolute Gasteiger partial charge is 0.324 e. The van der Waals surface area contributed by atoms with Gasteiger partial charge in [0.2, 0.25) is 5.91 Å². The highest BCUT2D eigenvalue weighted by molar-refractivity contribution is 7.92. The number of carbonyl (C=O) groups is 1. The van der Waals surface area contributed by atoms with Gasteiger partial charge in [-0.05, 0) is 36.2 Å². The molecule has 0 spiro atoms. The summed E-state index contributed by atoms with van der Waals surface area (Å²) in [5.74, 6) is -0.974. The number of benzene rings is 2. The van der Waals surface area contributed by atoms with E-state index >= 15 is 0 Å². The Morgan fingerprint density at radius 2 is 2.00 bits per heavy atom. The lowest BCUT2D eigenvalue weighted by atomic mass is 9.99. The van der Waals surface area contributed by atoms with Crippen molar-refractivity contribution >= 4 is 38.7 Å². The van der Waals surface area contributed by atoms with Crippen LogP contribution in [-0.2, 0) is 21.1 Å². The summed E-state index contributed by atoms with van der Waals surface area (Å²) in [4.78, 5) is 16.2. The van der Waals surface area contributed by atoms with E-state index in [-0.39, 0.29) is 35.9 Å². The molecule has 0 aromatic heterocycles. The Morgan fingerprint density at radius 3 is 2.70 bits per heavy atom. The van der Waals surface area contributed by atoms with Crippen LogP contribution in [0.3, 0.4) is 0 Å². The molecule has 0 fully saturated rings. The predicted octanol–water partition coefficient (Wildman–Crippen LogP) is 3.27. The smallest absolute Gasteiger partial charge is 0.246 e. The number of anilines is 1. The van der Waals surface area contributed by atoms with E-state index in [1.165, 1.54) is 13.0 Å². The molecular formula is C19H18ClFN2O3S. The van der Waals surface area contributed by atoms with E-state index < -0.39 is 20.9 Å². The highest BCUT2D eigenvalue weighted by Gasteiger charge is 2.33. The number of nitrogens with zero attached hydrogens (tertiary/aromatic N) is 1. The van der Waals surface area contributed by atoms with Gasteiger partial charge in [0.1, 0.15) is 17.6 Å². The number of hydrogen-bond donors (Lipinski definition) is 1. The Labute approximate surface area is 162 Å². The number of halogens is 2. The molecule has 27 heavy (non-hydrogen) atoms. The maximum Gasteiger partial charge on any atom is 0.246 e. The van der Waals surface area contributed by atoms with E-state index in [4.69, 9.17) is 11.6 Å². The highest BCUT2D eigenvalue weighted by atomic mass is 35.5. The van der Waals surface area contributed by atoms with Crippen LogP contribution in [0, 0.1) is 5.82 Å². The minimum absolute atomic E-state index is 0.0815. The lowest BCUT2D eigenvalue weighted by Gasteiger charge is -2.21. The number of carbonyl (C=O) groups excluding carboxylic acids is 1. The second-order valence-corrected chi connectivity index (χ2v) is 9.08. The Bertz CT molecular complexity index is 1020. The summed E-state index contributed by atoms with van der Waals surface area (Å²) in [6.07, 6.45) is -0.0815. The summed E-state index contributed by atoms with van der Waals surface area (Å²) in [6.45, 7) is 1.32. The number of fused-ring (bicyclic) bond motifs is 1. The zero-order valence-corrected chi connectivity index (χ0v) is 16.1. The van der Waals surface area contributed by atoms with Crippen molar-refractivity contribution in [3.8, 4) is 0 Å². The van der Waals surface area contributed by atoms with Crippen molar-refractivity contribution in [2.75, 3.05) is 17.6 Å². The fourth-order valence-electron chi connectivity index (χ4n) is 3.00. The van der Waals surface area contributed by atoms with Gasteiger partial charge in [0.25, 0.3) is 0 Å². The third kappa shape index (κ3) is 4.20. The fraction of sp³-hybridized carbons (Fsp3) is 0.263. The molecule has 8 heteroatoms. The topological polar surface area (TPSA) is 75.6 Å². The van der Waals surface area contributed by atoms with Crippen molar-refractivity contribution in [3.63, 3.8) is 0 Å². The van der Waals surface area contributed by atoms with Crippen LogP contribution in [0.25, 0.3) is 0 Å². The molecule has 2 aromatic carbocycles. The minimum Gasteiger partial charge on any atom is -0.324 e. The van der Waals surface area contributed by atoms with Crippen LogP contribution in [0.15, 0.2) is 47.5 Å². The molecular weight excluding hydrogens is 391 g/mol. The van der Waals surface area contributed by atoms with Crippen LogP contribution >= 0.6 is 11.6 Å². The molecule has 1 unspecified atom stereocenters. The van der Waals surface area contributed by atoms with Crippen molar-refractivity contribution in [3.05, 3.63) is 64.4 Å². The number of hydrogen-bond acceptors (Lipinski definition) is 4. The lowest BCUT2D eigenvalue weighted by molar-refractivity contribution is -0.114. The summed E-state index contributed by atoms with van der Waals surface area (Å²) in [6, 6.07) is 10.8. The molecule has 1 amide bonds. The van der Waals surface area contributed by atoms with Gasteiger partial charge in [-0.2, -0.15) is 0 Å². The van der Waals surface area contributed by atoms with E-state index in [1.54, 1.807) is 36.4 Å². The van der Waals surface area contributed by atoms with Crippen molar-refractivity contribution in [2.45, 2.75) is 18.6 Å². The van der Waals surface area contributed by atoms with Crippen LogP contribution in [0.1, 0.15) is 18.1 Å². The first-order valence-electron chi connectivity index (χ1n) is 8.41. The Kier molecular flexibility index (Phi) is 5.62. The Morgan fingerprint density at radius 1 is 1.26 bits per heavy atom. The van der Waals surface area contributed by atoms with Gasteiger partial charge in [-0.1, -0.05) is 36.7 Å². The molecule has 0 saturated heterocycles. The zero-order valence-electron chi connectivity index (χ0n) is 14.6. The van der Waals surface area contributed by atoms with Gasteiger partial charge in [-0.3, -0.25) is 9.79 Å². The van der Waals surface area contributed by atoms with Gasteiger partial charge in [0, 0.05) is 22.0 Å². The van der Waals surface area contributed by atoms with E-state index in [9.17, 15) is 17.6 Å². The van der Waals surface area contributed by atoms with Gasteiger partial charge in [-0.15, -0.1) is 0 Å². The van der Waals surface area contributed by atoms with Crippen LogP contribution in [0.5, 0.6) is 0 Å². The highest BCUT2D eigenvalue weighted by Crippen LogP contribution is 2.28. The summed E-state index contributed by atoms with van der Waals surface area (Å²) >= 11 is 6.09. The lowest BCUT2D eigenvalue weighted by Crippen LogP contribution is -2.35. The molecule has 0 aliphatic carbocycles. The molecule has 0 radical (unpaired) electrons. The number of nitrogens with one attached hydrogen (secondary N) is 1. The third-order valence-electron chi connectivity index (χ3n) is 4.43. The normalized spacial score (nSPS) is 15.4. The first kappa shape index (κ1) is 19.5. The van der Waals surface area contributed by atoms with Gasteiger partial charge in [0.05, 0.1) is 5.71 Å². The molecule has 1 aliphatic rings. The maximum atomic E-state index is 14.2. The fourth-order valence-corrected chi connectivity index (χ4v) is 4.55. The Hall–Kier alpha value is -2.25. The maximum absolute atomic E-state index is 14.2. The van der Waals surface area contributed by atoms with Gasteiger partial charge in [0.15, 0.2) is 9.84 Å². The van der Waals surface area contributed by atoms with Crippen molar-refractivity contribution in [1.29, 1.82) is 0 Å². The number of benzodiazepines with no additional fused rings is 1. The van der Waals surface area contributed by atoms with Crippen molar-refractivity contribution in [1.82, 2.24) is 0 Å². The van der Waals surface area contributed by atoms with E-state index in [0.29, 0.717) is 16.3 Å². The number of aliphatic imine (C=N–C) groups is 1. The minimum atomic E-state index is -3.64. The monoisotopic (exact) mass is 408 g/mol. The van der Waals surface area contributed by atoms with Crippen LogP contribution in [0.2, 0.25) is 5.02 Å². The van der Waals surface area contributed by atoms with E-state index in [2.05, 4.69) is 10.3 Å². The Balaban J connectivity index is 2.16. The summed E-state index contributed by atoms with van der Waals surface area (Å²) < 4.78 is 39.9. The molecule has 3 rings (SSSR count). The van der Waals surface area contributed by atoms with Crippen molar-refractivity contribution in [2.24, 2.45) is 4.99 Å². The summed E-state index contributed by atoms with van der Waals surface area (Å²) in [5.41, 5.74) is 1.36. The van der Waals surface area contributed by atoms with Crippen LogP contribution in [0.4, 0.5) is 10.1 Å². The first-order valence-corrected chi connectivity index (χ1v) is 10.5. The van der Waals surface area contributed by atoms with Crippen molar-refractivity contribution < 1.29 is 17.6 Å². The van der Waals surface area contributed by atoms with Crippen LogP contribution in [-0.4, -0.2) is 37.6 Å². The van der Waals surface area contributed by atoms with Gasteiger partial charge >= 0.3 is 0 Å². The number of rotatable bonds is 5. The zero-order chi connectivity index (χ0) is 19.6. The number of sulfone groups is 1. The molecule has 2 aromatic rings. The average Bonchev–Trinajstić information content (AvgIpc) is 2.79. The van der Waals surface area contributed by atoms with E-state index in [1.807, 2.05) is 0 Å². The first-order chi connectivity index (χ1) is 12.8. The quantitative estimate of drug-likeness (QED) is 0.825. The molecule has 0 bridgehead atoms. The molecule has 1 N–H and O–H groups in total. The number of amides is 1. The predicted molar refractivity (Wildman–Crippen MR) is 105 cm³/mol. The SMILES string of the molecule is CCS(=O)(=O)C(Cc1ccccc1F)C1=NCC(=O)Nc2ccc(Cl)cc21. The summed E-state index contributed by atoms with van der Waals surface area (Å²) in [5, 5.41) is 1.99. The molecule has 5 nitrogen and oxygen atoms in total. The van der Waals surface area contributed by atoms with Gasteiger partial charge < -0.3 is 5.32 Å². The second kappa shape index (κ2) is 7.78. The molecule has 0 saturated carbocycles. The van der Waals surface area contributed by atoms with Gasteiger partial charge in [-0.25, -0.2) is 12.8 Å².